The van der Waals surface area contributed by atoms with Crippen LogP contribution in [0.5, 0.6) is 0 Å². The van der Waals surface area contributed by atoms with Crippen LogP contribution in [0.15, 0.2) is 0 Å². The van der Waals surface area contributed by atoms with Gasteiger partial charge in [0.1, 0.15) is 6.04 Å². The number of thioether (sulfide) groups is 1. The molecule has 0 spiro atoms. The van der Waals surface area contributed by atoms with E-state index in [1.165, 1.54) is 0 Å². The fourth-order valence-corrected chi connectivity index (χ4v) is 1.76. The Morgan fingerprint density at radius 1 is 1.89 bits per heavy atom. The average Bonchev–Trinajstić information content (AvgIpc) is 2.13. The summed E-state index contributed by atoms with van der Waals surface area (Å²) in [5, 5.41) is 11.6. The molecule has 9 heavy (non-hydrogen) atoms. The Labute approximate surface area is 57.8 Å². The van der Waals surface area contributed by atoms with Crippen molar-refractivity contribution in [2.24, 2.45) is 0 Å². The molecule has 52 valence electrons. The van der Waals surface area contributed by atoms with Gasteiger partial charge >= 0.3 is 5.97 Å². The number of aliphatic carboxylic acids is 1. The fourth-order valence-electron chi connectivity index (χ4n) is 0.820. The lowest BCUT2D eigenvalue weighted by atomic mass is 10.2. The van der Waals surface area contributed by atoms with Crippen molar-refractivity contribution < 1.29 is 9.90 Å². The molecule has 0 saturated carbocycles. The molecule has 2 atom stereocenters. The first-order valence-electron chi connectivity index (χ1n) is 2.79. The first-order chi connectivity index (χ1) is 4.22. The van der Waals surface area contributed by atoms with Crippen LogP contribution in [0.3, 0.4) is 0 Å². The molecule has 0 aromatic heterocycles. The molecular weight excluding hydrogens is 138 g/mol. The zero-order valence-corrected chi connectivity index (χ0v) is 5.94. The number of carbonyl (C=O) groups is 1. The maximum atomic E-state index is 10.3. The molecule has 1 unspecified atom stereocenters. The Hall–Kier alpha value is -0.220. The van der Waals surface area contributed by atoms with Crippen LogP contribution in [-0.4, -0.2) is 28.2 Å². The lowest BCUT2D eigenvalue weighted by Crippen LogP contribution is -2.36. The Morgan fingerprint density at radius 2 is 2.56 bits per heavy atom. The quantitative estimate of drug-likeness (QED) is 0.553. The van der Waals surface area contributed by atoms with Crippen LogP contribution in [-0.2, 0) is 4.79 Å². The van der Waals surface area contributed by atoms with Crippen molar-refractivity contribution in [2.75, 3.05) is 5.88 Å². The number of hydrogen-bond donors (Lipinski definition) is 2. The third kappa shape index (κ3) is 1.37. The number of rotatable bonds is 1. The highest BCUT2D eigenvalue weighted by molar-refractivity contribution is 8.00. The van der Waals surface area contributed by atoms with E-state index in [0.717, 1.165) is 5.88 Å². The summed E-state index contributed by atoms with van der Waals surface area (Å²) in [6.07, 6.45) is 0. The smallest absolute Gasteiger partial charge is 0.321 e. The number of nitrogens with one attached hydrogen (secondary N) is 1. The highest BCUT2D eigenvalue weighted by atomic mass is 32.2. The van der Waals surface area contributed by atoms with Crippen molar-refractivity contribution in [3.8, 4) is 0 Å². The van der Waals surface area contributed by atoms with E-state index in [1.807, 2.05) is 6.92 Å². The highest BCUT2D eigenvalue weighted by Gasteiger charge is 2.29. The van der Waals surface area contributed by atoms with Crippen molar-refractivity contribution >= 4 is 17.7 Å². The van der Waals surface area contributed by atoms with E-state index in [0.29, 0.717) is 0 Å². The van der Waals surface area contributed by atoms with Crippen molar-refractivity contribution in [3.63, 3.8) is 0 Å². The minimum Gasteiger partial charge on any atom is -0.480 e. The Bertz CT molecular complexity index is 128. The normalized spacial score (nSPS) is 34.8. The molecule has 1 heterocycles. The van der Waals surface area contributed by atoms with Crippen LogP contribution >= 0.6 is 11.8 Å². The van der Waals surface area contributed by atoms with Gasteiger partial charge in [-0.3, -0.25) is 10.1 Å². The Balaban J connectivity index is 2.49. The number of carboxylic acid groups (broad SMARTS) is 1. The summed E-state index contributed by atoms with van der Waals surface area (Å²) < 4.78 is 0. The standard InChI is InChI=1S/C5H9NO2S/c1-3-4(5(7)8)6-2-9-3/h3-4,6H,2H2,1H3,(H,7,8)/t3?,4-/m1/s1. The van der Waals surface area contributed by atoms with Crippen molar-refractivity contribution in [1.29, 1.82) is 0 Å². The second kappa shape index (κ2) is 2.58. The third-order valence-electron chi connectivity index (χ3n) is 1.38. The fraction of sp³-hybridized carbons (Fsp3) is 0.800. The van der Waals surface area contributed by atoms with Crippen LogP contribution in [0.4, 0.5) is 0 Å². The lowest BCUT2D eigenvalue weighted by Gasteiger charge is -2.06. The average molecular weight is 147 g/mol. The van der Waals surface area contributed by atoms with E-state index in [2.05, 4.69) is 5.32 Å². The highest BCUT2D eigenvalue weighted by Crippen LogP contribution is 2.19. The molecule has 3 nitrogen and oxygen atoms in total. The zero-order valence-electron chi connectivity index (χ0n) is 5.13. The van der Waals surface area contributed by atoms with Crippen LogP contribution in [0, 0.1) is 0 Å². The number of hydrogen-bond acceptors (Lipinski definition) is 3. The monoisotopic (exact) mass is 147 g/mol. The molecule has 0 aliphatic carbocycles. The summed E-state index contributed by atoms with van der Waals surface area (Å²) in [6, 6.07) is -0.338. The largest absolute Gasteiger partial charge is 0.480 e. The lowest BCUT2D eigenvalue weighted by molar-refractivity contribution is -0.139. The Kier molecular flexibility index (Phi) is 1.97. The summed E-state index contributed by atoms with van der Waals surface area (Å²) in [4.78, 5) is 10.3. The van der Waals surface area contributed by atoms with E-state index in [4.69, 9.17) is 5.11 Å². The molecule has 0 bridgehead atoms. The van der Waals surface area contributed by atoms with E-state index in [9.17, 15) is 4.79 Å². The summed E-state index contributed by atoms with van der Waals surface area (Å²) in [5.41, 5.74) is 0. The molecule has 1 rings (SSSR count). The zero-order chi connectivity index (χ0) is 6.85. The molecule has 1 fully saturated rings. The summed E-state index contributed by atoms with van der Waals surface area (Å²) >= 11 is 1.64. The second-order valence-corrected chi connectivity index (χ2v) is 3.40. The van der Waals surface area contributed by atoms with Crippen LogP contribution in [0.1, 0.15) is 6.92 Å². The molecule has 0 aromatic carbocycles. The number of carboxylic acids is 1. The first kappa shape index (κ1) is 6.89. The van der Waals surface area contributed by atoms with E-state index < -0.39 is 5.97 Å². The Morgan fingerprint density at radius 3 is 2.78 bits per heavy atom. The molecular formula is C5H9NO2S. The van der Waals surface area contributed by atoms with Crippen LogP contribution < -0.4 is 5.32 Å². The molecule has 1 aliphatic heterocycles. The minimum atomic E-state index is -0.743. The van der Waals surface area contributed by atoms with Crippen molar-refractivity contribution in [3.05, 3.63) is 0 Å². The third-order valence-corrected chi connectivity index (χ3v) is 2.52. The van der Waals surface area contributed by atoms with Gasteiger partial charge < -0.3 is 5.11 Å². The topological polar surface area (TPSA) is 49.3 Å². The van der Waals surface area contributed by atoms with Gasteiger partial charge in [0, 0.05) is 11.1 Å². The van der Waals surface area contributed by atoms with Crippen molar-refractivity contribution in [1.82, 2.24) is 5.32 Å². The summed E-state index contributed by atoms with van der Waals surface area (Å²) in [5.74, 6) is 0.0190. The van der Waals surface area contributed by atoms with E-state index in [-0.39, 0.29) is 11.3 Å². The molecule has 2 N–H and O–H groups in total. The van der Waals surface area contributed by atoms with Gasteiger partial charge in [-0.25, -0.2) is 0 Å². The van der Waals surface area contributed by atoms with E-state index in [1.54, 1.807) is 11.8 Å². The van der Waals surface area contributed by atoms with E-state index >= 15 is 0 Å². The van der Waals surface area contributed by atoms with Gasteiger partial charge in [-0.1, -0.05) is 6.92 Å². The minimum absolute atomic E-state index is 0.211. The maximum Gasteiger partial charge on any atom is 0.321 e. The van der Waals surface area contributed by atoms with Crippen molar-refractivity contribution in [2.45, 2.75) is 18.2 Å². The molecule has 1 saturated heterocycles. The summed E-state index contributed by atoms with van der Waals surface area (Å²) in [7, 11) is 0. The molecule has 0 radical (unpaired) electrons. The molecule has 0 amide bonds. The van der Waals surface area contributed by atoms with Gasteiger partial charge in [-0.15, -0.1) is 11.8 Å². The summed E-state index contributed by atoms with van der Waals surface area (Å²) in [6.45, 7) is 1.92. The SMILES string of the molecule is CC1SCN[C@H]1C(=O)O. The van der Waals surface area contributed by atoms with Gasteiger partial charge in [0.05, 0.1) is 0 Å². The maximum absolute atomic E-state index is 10.3. The molecule has 0 aromatic rings. The van der Waals surface area contributed by atoms with Crippen LogP contribution in [0.25, 0.3) is 0 Å². The van der Waals surface area contributed by atoms with Gasteiger partial charge in [0.2, 0.25) is 0 Å². The van der Waals surface area contributed by atoms with Gasteiger partial charge in [-0.2, -0.15) is 0 Å². The van der Waals surface area contributed by atoms with Gasteiger partial charge in [0.15, 0.2) is 0 Å². The molecule has 1 aliphatic rings. The van der Waals surface area contributed by atoms with Crippen LogP contribution in [0.2, 0.25) is 0 Å². The predicted octanol–water partition coefficient (Wildman–Crippen LogP) is 0.122. The molecule has 4 heteroatoms. The van der Waals surface area contributed by atoms with Gasteiger partial charge in [0.25, 0.3) is 0 Å². The predicted molar refractivity (Wildman–Crippen MR) is 36.5 cm³/mol. The van der Waals surface area contributed by atoms with Gasteiger partial charge in [-0.05, 0) is 0 Å². The first-order valence-corrected chi connectivity index (χ1v) is 3.84. The second-order valence-electron chi connectivity index (χ2n) is 2.04.